The zero-order chi connectivity index (χ0) is 13.2. The average molecular weight is 251 g/mol. The highest BCUT2D eigenvalue weighted by atomic mass is 15.5. The van der Waals surface area contributed by atoms with Gasteiger partial charge >= 0.3 is 0 Å². The highest BCUT2D eigenvalue weighted by molar-refractivity contribution is 4.98. The van der Waals surface area contributed by atoms with Crippen molar-refractivity contribution in [3.8, 4) is 0 Å². The summed E-state index contributed by atoms with van der Waals surface area (Å²) in [6, 6.07) is 0.225. The molecule has 0 amide bonds. The Kier molecular flexibility index (Phi) is 4.00. The summed E-state index contributed by atoms with van der Waals surface area (Å²) >= 11 is 0. The van der Waals surface area contributed by atoms with Crippen LogP contribution < -0.4 is 5.32 Å². The molecule has 5 nitrogen and oxygen atoms in total. The molecule has 1 N–H and O–H groups in total. The SMILES string of the molecule is CCCNC(C)c1nnnn1CC1(C(C)C)CC1. The third kappa shape index (κ3) is 2.71. The van der Waals surface area contributed by atoms with E-state index in [0.717, 1.165) is 25.3 Å². The standard InChI is InChI=1S/C13H25N5/c1-5-8-14-11(4)12-15-16-17-18(12)9-13(6-7-13)10(2)3/h10-11,14H,5-9H2,1-4H3. The molecule has 0 aliphatic heterocycles. The monoisotopic (exact) mass is 251 g/mol. The number of rotatable bonds is 7. The minimum atomic E-state index is 0.225. The van der Waals surface area contributed by atoms with Gasteiger partial charge in [0.05, 0.1) is 12.6 Å². The lowest BCUT2D eigenvalue weighted by Gasteiger charge is -2.21. The van der Waals surface area contributed by atoms with E-state index in [0.29, 0.717) is 11.3 Å². The van der Waals surface area contributed by atoms with E-state index >= 15 is 0 Å². The van der Waals surface area contributed by atoms with E-state index in [1.54, 1.807) is 0 Å². The quantitative estimate of drug-likeness (QED) is 0.807. The number of nitrogens with zero attached hydrogens (tertiary/aromatic N) is 4. The molecule has 5 heteroatoms. The summed E-state index contributed by atoms with van der Waals surface area (Å²) in [5.41, 5.74) is 0.439. The molecule has 18 heavy (non-hydrogen) atoms. The van der Waals surface area contributed by atoms with Crippen LogP contribution in [-0.2, 0) is 6.54 Å². The number of tetrazole rings is 1. The van der Waals surface area contributed by atoms with Crippen LogP contribution in [0.3, 0.4) is 0 Å². The lowest BCUT2D eigenvalue weighted by Crippen LogP contribution is -2.26. The molecule has 102 valence electrons. The van der Waals surface area contributed by atoms with Crippen molar-refractivity contribution in [1.29, 1.82) is 0 Å². The molecular weight excluding hydrogens is 226 g/mol. The first-order chi connectivity index (χ1) is 8.59. The van der Waals surface area contributed by atoms with Gasteiger partial charge in [-0.2, -0.15) is 0 Å². The van der Waals surface area contributed by atoms with Crippen LogP contribution in [0, 0.1) is 11.3 Å². The summed E-state index contributed by atoms with van der Waals surface area (Å²) in [7, 11) is 0. The fourth-order valence-electron chi connectivity index (χ4n) is 2.46. The lowest BCUT2D eigenvalue weighted by atomic mass is 9.92. The van der Waals surface area contributed by atoms with Crippen molar-refractivity contribution >= 4 is 0 Å². The predicted octanol–water partition coefficient (Wildman–Crippen LogP) is 2.17. The maximum Gasteiger partial charge on any atom is 0.167 e. The molecule has 2 rings (SSSR count). The summed E-state index contributed by atoms with van der Waals surface area (Å²) in [5.74, 6) is 1.67. The molecule has 1 heterocycles. The second-order valence-corrected chi connectivity index (χ2v) is 5.89. The van der Waals surface area contributed by atoms with E-state index in [1.165, 1.54) is 12.8 Å². The molecule has 1 atom stereocenters. The van der Waals surface area contributed by atoms with Crippen LogP contribution >= 0.6 is 0 Å². The highest BCUT2D eigenvalue weighted by Gasteiger charge is 2.46. The van der Waals surface area contributed by atoms with Crippen molar-refractivity contribution in [3.63, 3.8) is 0 Å². The second-order valence-electron chi connectivity index (χ2n) is 5.89. The molecule has 1 aliphatic carbocycles. The molecule has 1 unspecified atom stereocenters. The summed E-state index contributed by atoms with van der Waals surface area (Å²) in [6.45, 7) is 10.9. The first-order valence-corrected chi connectivity index (χ1v) is 7.08. The maximum absolute atomic E-state index is 4.18. The molecule has 0 aromatic carbocycles. The molecular formula is C13H25N5. The molecule has 1 saturated carbocycles. The Labute approximate surface area is 109 Å². The first-order valence-electron chi connectivity index (χ1n) is 7.08. The number of nitrogens with one attached hydrogen (secondary N) is 1. The largest absolute Gasteiger partial charge is 0.307 e. The highest BCUT2D eigenvalue weighted by Crippen LogP contribution is 2.53. The van der Waals surface area contributed by atoms with Gasteiger partial charge in [-0.25, -0.2) is 4.68 Å². The van der Waals surface area contributed by atoms with Crippen molar-refractivity contribution in [1.82, 2.24) is 25.5 Å². The smallest absolute Gasteiger partial charge is 0.167 e. The van der Waals surface area contributed by atoms with E-state index in [2.05, 4.69) is 48.5 Å². The van der Waals surface area contributed by atoms with Crippen molar-refractivity contribution in [2.75, 3.05) is 6.54 Å². The van der Waals surface area contributed by atoms with Crippen LogP contribution in [0.4, 0.5) is 0 Å². The summed E-state index contributed by atoms with van der Waals surface area (Å²) < 4.78 is 2.00. The average Bonchev–Trinajstić information content (AvgIpc) is 2.98. The number of hydrogen-bond donors (Lipinski definition) is 1. The Morgan fingerprint density at radius 1 is 1.33 bits per heavy atom. The van der Waals surface area contributed by atoms with Gasteiger partial charge in [0.15, 0.2) is 5.82 Å². The van der Waals surface area contributed by atoms with E-state index in [9.17, 15) is 0 Å². The van der Waals surface area contributed by atoms with Gasteiger partial charge in [0.2, 0.25) is 0 Å². The molecule has 0 saturated heterocycles. The van der Waals surface area contributed by atoms with Crippen molar-refractivity contribution in [2.45, 2.75) is 59.5 Å². The van der Waals surface area contributed by atoms with E-state index in [1.807, 2.05) is 4.68 Å². The Balaban J connectivity index is 2.04. The van der Waals surface area contributed by atoms with Gasteiger partial charge in [0, 0.05) is 0 Å². The molecule has 1 fully saturated rings. The number of aromatic nitrogens is 4. The summed E-state index contributed by atoms with van der Waals surface area (Å²) in [5, 5.41) is 15.6. The Bertz CT molecular complexity index is 380. The number of hydrogen-bond acceptors (Lipinski definition) is 4. The Morgan fingerprint density at radius 3 is 2.61 bits per heavy atom. The summed E-state index contributed by atoms with van der Waals surface area (Å²) in [6.07, 6.45) is 3.74. The van der Waals surface area contributed by atoms with Crippen molar-refractivity contribution in [2.24, 2.45) is 11.3 Å². The van der Waals surface area contributed by atoms with Crippen LogP contribution in [-0.4, -0.2) is 26.8 Å². The molecule has 0 spiro atoms. The van der Waals surface area contributed by atoms with Crippen molar-refractivity contribution in [3.05, 3.63) is 5.82 Å². The fourth-order valence-corrected chi connectivity index (χ4v) is 2.46. The van der Waals surface area contributed by atoms with Crippen LogP contribution in [0.1, 0.15) is 58.8 Å². The second kappa shape index (κ2) is 5.34. The van der Waals surface area contributed by atoms with Gasteiger partial charge in [-0.3, -0.25) is 0 Å². The zero-order valence-electron chi connectivity index (χ0n) is 12.0. The molecule has 0 bridgehead atoms. The maximum atomic E-state index is 4.18. The first kappa shape index (κ1) is 13.5. The fraction of sp³-hybridized carbons (Fsp3) is 0.923. The topological polar surface area (TPSA) is 55.6 Å². The van der Waals surface area contributed by atoms with E-state index < -0.39 is 0 Å². The normalized spacial score (nSPS) is 19.2. The molecule has 1 aromatic heterocycles. The minimum absolute atomic E-state index is 0.225. The molecule has 0 radical (unpaired) electrons. The van der Waals surface area contributed by atoms with Gasteiger partial charge < -0.3 is 5.32 Å². The third-order valence-corrected chi connectivity index (χ3v) is 4.23. The Hall–Kier alpha value is -0.970. The van der Waals surface area contributed by atoms with Crippen LogP contribution in [0.5, 0.6) is 0 Å². The van der Waals surface area contributed by atoms with Crippen LogP contribution in [0.15, 0.2) is 0 Å². The molecule has 1 aromatic rings. The van der Waals surface area contributed by atoms with Gasteiger partial charge in [-0.1, -0.05) is 20.8 Å². The van der Waals surface area contributed by atoms with Gasteiger partial charge in [0.25, 0.3) is 0 Å². The lowest BCUT2D eigenvalue weighted by molar-refractivity contribution is 0.284. The van der Waals surface area contributed by atoms with Crippen LogP contribution in [0.25, 0.3) is 0 Å². The minimum Gasteiger partial charge on any atom is -0.307 e. The predicted molar refractivity (Wildman–Crippen MR) is 71.0 cm³/mol. The van der Waals surface area contributed by atoms with E-state index in [-0.39, 0.29) is 6.04 Å². The van der Waals surface area contributed by atoms with Crippen LogP contribution in [0.2, 0.25) is 0 Å². The zero-order valence-corrected chi connectivity index (χ0v) is 12.0. The van der Waals surface area contributed by atoms with E-state index in [4.69, 9.17) is 0 Å². The molecule has 1 aliphatic rings. The third-order valence-electron chi connectivity index (χ3n) is 4.23. The Morgan fingerprint density at radius 2 is 2.06 bits per heavy atom. The van der Waals surface area contributed by atoms with Gasteiger partial charge in [-0.15, -0.1) is 5.10 Å². The van der Waals surface area contributed by atoms with Crippen molar-refractivity contribution < 1.29 is 0 Å². The van der Waals surface area contributed by atoms with Gasteiger partial charge in [-0.05, 0) is 54.5 Å². The summed E-state index contributed by atoms with van der Waals surface area (Å²) in [4.78, 5) is 0. The van der Waals surface area contributed by atoms with Gasteiger partial charge in [0.1, 0.15) is 0 Å².